The molecule has 0 saturated heterocycles. The highest BCUT2D eigenvalue weighted by molar-refractivity contribution is 5.96. The molecule has 3 heterocycles. The molecule has 2 aliphatic carbocycles. The summed E-state index contributed by atoms with van der Waals surface area (Å²) in [6, 6.07) is -0.0866. The van der Waals surface area contributed by atoms with Crippen molar-refractivity contribution in [1.29, 1.82) is 0 Å². The van der Waals surface area contributed by atoms with Gasteiger partial charge in [-0.3, -0.25) is 19.0 Å². The summed E-state index contributed by atoms with van der Waals surface area (Å²) >= 11 is 0. The van der Waals surface area contributed by atoms with Gasteiger partial charge in [0.25, 0.3) is 17.0 Å². The van der Waals surface area contributed by atoms with Crippen LogP contribution in [0.3, 0.4) is 0 Å². The fraction of sp³-hybridized carbons (Fsp3) is 0.483. The molecule has 2 aromatic rings. The second-order valence-electron chi connectivity index (χ2n) is 10.6. The third-order valence-corrected chi connectivity index (χ3v) is 8.27. The van der Waals surface area contributed by atoms with E-state index >= 15 is 0 Å². The number of aromatic amines is 1. The van der Waals surface area contributed by atoms with E-state index in [-0.39, 0.29) is 40.7 Å². The number of rotatable bonds is 4. The van der Waals surface area contributed by atoms with Crippen molar-refractivity contribution >= 4 is 23.7 Å². The van der Waals surface area contributed by atoms with Crippen molar-refractivity contribution in [3.63, 3.8) is 0 Å². The molecule has 1 aliphatic heterocycles. The summed E-state index contributed by atoms with van der Waals surface area (Å²) in [5.74, 6) is -0.461. The molecule has 0 radical (unpaired) electrons. The number of hydrogen-bond donors (Lipinski definition) is 2. The van der Waals surface area contributed by atoms with Crippen LogP contribution in [0, 0.1) is 20.4 Å². The number of amides is 1. The average molecular weight is 516 g/mol. The Bertz CT molecular complexity index is 1600. The van der Waals surface area contributed by atoms with Crippen LogP contribution in [0.25, 0.3) is 17.0 Å². The van der Waals surface area contributed by atoms with E-state index in [2.05, 4.69) is 14.9 Å². The maximum absolute atomic E-state index is 13.4. The van der Waals surface area contributed by atoms with E-state index in [4.69, 9.17) is 6.57 Å². The second-order valence-corrected chi connectivity index (χ2v) is 10.6. The predicted molar refractivity (Wildman–Crippen MR) is 145 cm³/mol. The third-order valence-electron chi connectivity index (χ3n) is 8.27. The lowest BCUT2D eigenvalue weighted by Gasteiger charge is -2.27. The number of pyridine rings is 2. The van der Waals surface area contributed by atoms with Crippen LogP contribution in [0.1, 0.15) is 97.3 Å². The largest absolute Gasteiger partial charge is 0.503 e. The fourth-order valence-corrected chi connectivity index (χ4v) is 6.14. The molecule has 5 rings (SSSR count). The number of aromatic hydroxyl groups is 1. The van der Waals surface area contributed by atoms with E-state index in [0.717, 1.165) is 64.2 Å². The molecule has 2 fully saturated rings. The topological polar surface area (TPSA) is 112 Å². The third kappa shape index (κ3) is 4.38. The first kappa shape index (κ1) is 25.7. The first-order valence-electron chi connectivity index (χ1n) is 13.5. The molecular formula is C29H33N5O4. The number of aromatic nitrogens is 2. The van der Waals surface area contributed by atoms with Crippen molar-refractivity contribution < 1.29 is 9.90 Å². The molecule has 2 aromatic heterocycles. The van der Waals surface area contributed by atoms with E-state index in [1.54, 1.807) is 32.1 Å². The zero-order chi connectivity index (χ0) is 27.0. The van der Waals surface area contributed by atoms with E-state index in [9.17, 15) is 19.5 Å². The van der Waals surface area contributed by atoms with Gasteiger partial charge in [0.05, 0.1) is 18.2 Å². The minimum absolute atomic E-state index is 0.0549. The van der Waals surface area contributed by atoms with Gasteiger partial charge in [-0.25, -0.2) is 9.85 Å². The van der Waals surface area contributed by atoms with Crippen LogP contribution in [0.4, 0.5) is 5.69 Å². The summed E-state index contributed by atoms with van der Waals surface area (Å²) < 4.78 is 1.37. The number of carbonyl (C=O) groups excluding carboxylic acids is 1. The number of nitrogens with one attached hydrogen (secondary N) is 1. The molecule has 1 amide bonds. The normalized spacial score (nSPS) is 19.1. The van der Waals surface area contributed by atoms with Gasteiger partial charge in [0, 0.05) is 16.8 Å². The standard InChI is InChI=1S/C29H33N5O4/c1-17-21(26(35)31-25-23(17)28(37)34(32-25)20-13-8-5-9-14-20)15-10-16-22-18(2)24(30-3)29(38)33(27(22)36)19-11-6-4-7-12-19/h10,15-16,19-20,38H,4-9,11-14H2,1-2H3,(H,31,32,35)/b16-10?,21-15+. The number of carbonyl (C=O) groups is 1. The Balaban J connectivity index is 1.54. The van der Waals surface area contributed by atoms with E-state index < -0.39 is 0 Å². The van der Waals surface area contributed by atoms with Crippen LogP contribution in [0.5, 0.6) is 5.88 Å². The molecule has 9 heteroatoms. The summed E-state index contributed by atoms with van der Waals surface area (Å²) in [6.07, 6.45) is 14.5. The zero-order valence-corrected chi connectivity index (χ0v) is 21.9. The highest BCUT2D eigenvalue weighted by atomic mass is 16.3. The lowest BCUT2D eigenvalue weighted by atomic mass is 9.94. The summed E-state index contributed by atoms with van der Waals surface area (Å²) in [4.78, 5) is 45.9. The maximum atomic E-state index is 13.4. The lowest BCUT2D eigenvalue weighted by molar-refractivity contribution is 0.0663. The fourth-order valence-electron chi connectivity index (χ4n) is 6.14. The van der Waals surface area contributed by atoms with Gasteiger partial charge in [-0.05, 0) is 56.7 Å². The molecule has 2 saturated carbocycles. The van der Waals surface area contributed by atoms with Gasteiger partial charge in [-0.2, -0.15) is 5.10 Å². The molecule has 9 nitrogen and oxygen atoms in total. The molecular weight excluding hydrogens is 482 g/mol. The van der Waals surface area contributed by atoms with Crippen LogP contribution >= 0.6 is 0 Å². The van der Waals surface area contributed by atoms with Gasteiger partial charge >= 0.3 is 0 Å². The Kier molecular flexibility index (Phi) is 7.06. The molecule has 0 spiro atoms. The van der Waals surface area contributed by atoms with E-state index in [0.29, 0.717) is 33.0 Å². The van der Waals surface area contributed by atoms with Gasteiger partial charge in [0.2, 0.25) is 5.69 Å². The smallest absolute Gasteiger partial charge is 0.278 e. The van der Waals surface area contributed by atoms with Gasteiger partial charge < -0.3 is 10.1 Å². The molecule has 0 aromatic carbocycles. The van der Waals surface area contributed by atoms with Crippen molar-refractivity contribution in [3.8, 4) is 5.88 Å². The van der Waals surface area contributed by atoms with Crippen molar-refractivity contribution in [2.45, 2.75) is 90.1 Å². The highest BCUT2D eigenvalue weighted by Crippen LogP contribution is 2.37. The zero-order valence-electron chi connectivity index (χ0n) is 21.9. The molecule has 198 valence electrons. The van der Waals surface area contributed by atoms with Gasteiger partial charge in [-0.15, -0.1) is 0 Å². The van der Waals surface area contributed by atoms with Crippen LogP contribution in [0.2, 0.25) is 0 Å². The van der Waals surface area contributed by atoms with E-state index in [1.807, 2.05) is 0 Å². The van der Waals surface area contributed by atoms with Gasteiger partial charge in [0.15, 0.2) is 11.4 Å². The first-order chi connectivity index (χ1) is 18.3. The quantitative estimate of drug-likeness (QED) is 0.604. The number of hydrogen-bond acceptors (Lipinski definition) is 5. The SMILES string of the molecule is [C-]#[N+]c1c(C)c(C=C/C=c2\c(C)c3c([nH]c2=O)=NN(C2CCCCC2)C3=O)c(=O)n(C2CCCCC2)c1O. The van der Waals surface area contributed by atoms with Crippen molar-refractivity contribution in [3.05, 3.63) is 71.2 Å². The van der Waals surface area contributed by atoms with Crippen LogP contribution in [-0.4, -0.2) is 31.6 Å². The summed E-state index contributed by atoms with van der Waals surface area (Å²) in [5, 5.41) is 17.1. The predicted octanol–water partition coefficient (Wildman–Crippen LogP) is 3.73. The number of fused-ring (bicyclic) bond motifs is 1. The Morgan fingerprint density at radius 2 is 1.61 bits per heavy atom. The number of allylic oxidation sites excluding steroid dienone is 1. The highest BCUT2D eigenvalue weighted by Gasteiger charge is 2.33. The average Bonchev–Trinajstić information content (AvgIpc) is 3.25. The van der Waals surface area contributed by atoms with Crippen LogP contribution < -0.4 is 21.8 Å². The molecule has 2 N–H and O–H groups in total. The molecule has 3 aliphatic rings. The Morgan fingerprint density at radius 3 is 2.24 bits per heavy atom. The maximum Gasteiger partial charge on any atom is 0.278 e. The van der Waals surface area contributed by atoms with Crippen LogP contribution in [-0.2, 0) is 0 Å². The van der Waals surface area contributed by atoms with Crippen LogP contribution in [0.15, 0.2) is 20.8 Å². The monoisotopic (exact) mass is 515 g/mol. The van der Waals surface area contributed by atoms with Crippen molar-refractivity contribution in [2.24, 2.45) is 5.10 Å². The molecule has 0 atom stereocenters. The summed E-state index contributed by atoms with van der Waals surface area (Å²) in [7, 11) is 0. The minimum Gasteiger partial charge on any atom is -0.503 e. The molecule has 0 unspecified atom stereocenters. The summed E-state index contributed by atoms with van der Waals surface area (Å²) in [5.41, 5.74) is 1.32. The summed E-state index contributed by atoms with van der Waals surface area (Å²) in [6.45, 7) is 11.0. The van der Waals surface area contributed by atoms with Gasteiger partial charge in [-0.1, -0.05) is 50.7 Å². The second kappa shape index (κ2) is 10.4. The Labute approximate surface area is 220 Å². The van der Waals surface area contributed by atoms with E-state index in [1.165, 1.54) is 9.58 Å². The first-order valence-corrected chi connectivity index (χ1v) is 13.5. The van der Waals surface area contributed by atoms with Crippen molar-refractivity contribution in [2.75, 3.05) is 0 Å². The minimum atomic E-state index is -0.364. The number of H-pyrrole nitrogens is 1. The lowest BCUT2D eigenvalue weighted by Crippen LogP contribution is -2.39. The molecule has 38 heavy (non-hydrogen) atoms. The molecule has 0 bridgehead atoms. The van der Waals surface area contributed by atoms with Gasteiger partial charge in [0.1, 0.15) is 0 Å². The Morgan fingerprint density at radius 1 is 0.974 bits per heavy atom. The van der Waals surface area contributed by atoms with Crippen molar-refractivity contribution in [1.82, 2.24) is 14.6 Å². The number of nitrogens with zero attached hydrogens (tertiary/aromatic N) is 4. The Hall–Kier alpha value is -3.93.